The standard InChI is InChI=1S/C6H4BrIN2O/c7-3-1-4(8)5(6(9)11)10-2-3/h1-2H,(H2,9,11). The molecule has 0 saturated heterocycles. The zero-order chi connectivity index (χ0) is 8.43. The van der Waals surface area contributed by atoms with Crippen molar-refractivity contribution in [2.45, 2.75) is 0 Å². The first-order chi connectivity index (χ1) is 5.11. The quantitative estimate of drug-likeness (QED) is 0.796. The molecule has 1 rings (SSSR count). The third-order valence-corrected chi connectivity index (χ3v) is 2.30. The Morgan fingerprint density at radius 3 is 2.82 bits per heavy atom. The Hall–Kier alpha value is -0.170. The van der Waals surface area contributed by atoms with E-state index in [2.05, 4.69) is 20.9 Å². The molecule has 0 aliphatic heterocycles. The maximum absolute atomic E-state index is 10.7. The van der Waals surface area contributed by atoms with Gasteiger partial charge in [-0.15, -0.1) is 0 Å². The molecule has 1 heterocycles. The lowest BCUT2D eigenvalue weighted by molar-refractivity contribution is 0.0994. The van der Waals surface area contributed by atoms with Crippen molar-refractivity contribution in [3.8, 4) is 0 Å². The van der Waals surface area contributed by atoms with Crippen LogP contribution in [0.5, 0.6) is 0 Å². The molecule has 1 aromatic rings. The minimum Gasteiger partial charge on any atom is -0.364 e. The average Bonchev–Trinajstić information content (AvgIpc) is 1.85. The van der Waals surface area contributed by atoms with E-state index >= 15 is 0 Å². The Labute approximate surface area is 85.6 Å². The van der Waals surface area contributed by atoms with Gasteiger partial charge in [-0.1, -0.05) is 0 Å². The van der Waals surface area contributed by atoms with Gasteiger partial charge in [0.15, 0.2) is 0 Å². The van der Waals surface area contributed by atoms with E-state index in [1.807, 2.05) is 22.6 Å². The second kappa shape index (κ2) is 3.48. The van der Waals surface area contributed by atoms with Gasteiger partial charge in [0, 0.05) is 14.2 Å². The maximum atomic E-state index is 10.7. The summed E-state index contributed by atoms with van der Waals surface area (Å²) in [6, 6.07) is 1.79. The molecular weight excluding hydrogens is 323 g/mol. The van der Waals surface area contributed by atoms with Crippen LogP contribution in [-0.2, 0) is 0 Å². The maximum Gasteiger partial charge on any atom is 0.268 e. The lowest BCUT2D eigenvalue weighted by atomic mass is 10.3. The summed E-state index contributed by atoms with van der Waals surface area (Å²) in [6.07, 6.45) is 1.54. The number of hydrogen-bond acceptors (Lipinski definition) is 2. The van der Waals surface area contributed by atoms with E-state index in [1.165, 1.54) is 0 Å². The fourth-order valence-corrected chi connectivity index (χ4v) is 2.10. The summed E-state index contributed by atoms with van der Waals surface area (Å²) < 4.78 is 1.59. The molecule has 0 saturated carbocycles. The van der Waals surface area contributed by atoms with E-state index in [-0.39, 0.29) is 0 Å². The van der Waals surface area contributed by atoms with Crippen LogP contribution in [0.25, 0.3) is 0 Å². The van der Waals surface area contributed by atoms with Gasteiger partial charge < -0.3 is 5.73 Å². The zero-order valence-electron chi connectivity index (χ0n) is 5.34. The summed E-state index contributed by atoms with van der Waals surface area (Å²) in [5.41, 5.74) is 5.36. The van der Waals surface area contributed by atoms with Gasteiger partial charge in [0.1, 0.15) is 5.69 Å². The molecule has 3 nitrogen and oxygen atoms in total. The second-order valence-electron chi connectivity index (χ2n) is 1.85. The van der Waals surface area contributed by atoms with E-state index in [0.717, 1.165) is 8.04 Å². The molecule has 0 unspecified atom stereocenters. The number of pyridine rings is 1. The summed E-state index contributed by atoms with van der Waals surface area (Å²) >= 11 is 5.23. The van der Waals surface area contributed by atoms with Crippen molar-refractivity contribution in [2.75, 3.05) is 0 Å². The third kappa shape index (κ3) is 2.13. The predicted octanol–water partition coefficient (Wildman–Crippen LogP) is 1.55. The normalized spacial score (nSPS) is 9.64. The Kier molecular flexibility index (Phi) is 2.83. The summed E-state index contributed by atoms with van der Waals surface area (Å²) in [6.45, 7) is 0. The first-order valence-electron chi connectivity index (χ1n) is 2.72. The number of primary amides is 1. The van der Waals surface area contributed by atoms with Crippen molar-refractivity contribution in [3.05, 3.63) is 26.0 Å². The van der Waals surface area contributed by atoms with Crippen molar-refractivity contribution in [1.82, 2.24) is 4.98 Å². The number of rotatable bonds is 1. The molecule has 0 radical (unpaired) electrons. The van der Waals surface area contributed by atoms with E-state index in [0.29, 0.717) is 5.69 Å². The van der Waals surface area contributed by atoms with Gasteiger partial charge in [-0.2, -0.15) is 0 Å². The van der Waals surface area contributed by atoms with Crippen molar-refractivity contribution in [2.24, 2.45) is 5.73 Å². The Morgan fingerprint density at radius 2 is 2.36 bits per heavy atom. The van der Waals surface area contributed by atoms with Gasteiger partial charge in [-0.25, -0.2) is 4.98 Å². The molecule has 11 heavy (non-hydrogen) atoms. The number of aromatic nitrogens is 1. The van der Waals surface area contributed by atoms with Crippen LogP contribution in [0.1, 0.15) is 10.5 Å². The van der Waals surface area contributed by atoms with E-state index in [9.17, 15) is 4.79 Å². The smallest absolute Gasteiger partial charge is 0.268 e. The molecule has 0 atom stereocenters. The van der Waals surface area contributed by atoms with Crippen LogP contribution in [0.2, 0.25) is 0 Å². The van der Waals surface area contributed by atoms with Crippen LogP contribution in [0.4, 0.5) is 0 Å². The number of nitrogens with zero attached hydrogens (tertiary/aromatic N) is 1. The number of carbonyl (C=O) groups is 1. The van der Waals surface area contributed by atoms with Crippen LogP contribution in [0.3, 0.4) is 0 Å². The van der Waals surface area contributed by atoms with Crippen LogP contribution >= 0.6 is 38.5 Å². The van der Waals surface area contributed by atoms with Crippen LogP contribution < -0.4 is 5.73 Å². The largest absolute Gasteiger partial charge is 0.364 e. The molecule has 0 bridgehead atoms. The van der Waals surface area contributed by atoms with Gasteiger partial charge in [0.25, 0.3) is 5.91 Å². The Morgan fingerprint density at radius 1 is 1.73 bits per heavy atom. The number of nitrogens with two attached hydrogens (primary N) is 1. The van der Waals surface area contributed by atoms with Crippen LogP contribution in [0, 0.1) is 3.57 Å². The summed E-state index contributed by atoms with van der Waals surface area (Å²) in [4.78, 5) is 14.5. The lowest BCUT2D eigenvalue weighted by Crippen LogP contribution is -2.14. The Balaban J connectivity index is 3.20. The molecule has 58 valence electrons. The summed E-state index contributed by atoms with van der Waals surface area (Å²) in [7, 11) is 0. The average molecular weight is 327 g/mol. The molecule has 0 spiro atoms. The molecule has 5 heteroatoms. The molecule has 0 aliphatic carbocycles. The summed E-state index contributed by atoms with van der Waals surface area (Å²) in [5.74, 6) is -0.498. The van der Waals surface area contributed by atoms with E-state index in [4.69, 9.17) is 5.73 Å². The molecule has 1 aromatic heterocycles. The van der Waals surface area contributed by atoms with Gasteiger partial charge in [-0.05, 0) is 44.6 Å². The molecule has 2 N–H and O–H groups in total. The SMILES string of the molecule is NC(=O)c1ncc(Br)cc1I. The minimum atomic E-state index is -0.498. The van der Waals surface area contributed by atoms with Crippen molar-refractivity contribution in [1.29, 1.82) is 0 Å². The van der Waals surface area contributed by atoms with Crippen LogP contribution in [-0.4, -0.2) is 10.9 Å². The van der Waals surface area contributed by atoms with Crippen LogP contribution in [0.15, 0.2) is 16.7 Å². The van der Waals surface area contributed by atoms with Crippen molar-refractivity contribution in [3.63, 3.8) is 0 Å². The zero-order valence-corrected chi connectivity index (χ0v) is 9.09. The number of hydrogen-bond donors (Lipinski definition) is 1. The topological polar surface area (TPSA) is 56.0 Å². The first-order valence-corrected chi connectivity index (χ1v) is 4.59. The molecule has 0 aliphatic rings. The fourth-order valence-electron chi connectivity index (χ4n) is 0.596. The van der Waals surface area contributed by atoms with E-state index < -0.39 is 5.91 Å². The predicted molar refractivity (Wildman–Crippen MR) is 53.2 cm³/mol. The minimum absolute atomic E-state index is 0.314. The van der Waals surface area contributed by atoms with Gasteiger partial charge >= 0.3 is 0 Å². The van der Waals surface area contributed by atoms with Gasteiger partial charge in [0.2, 0.25) is 0 Å². The van der Waals surface area contributed by atoms with Crippen molar-refractivity contribution >= 4 is 44.4 Å². The lowest BCUT2D eigenvalue weighted by Gasteiger charge is -1.97. The number of carbonyl (C=O) groups excluding carboxylic acids is 1. The third-order valence-electron chi connectivity index (χ3n) is 1.04. The highest BCUT2D eigenvalue weighted by atomic mass is 127. The van der Waals surface area contributed by atoms with Crippen molar-refractivity contribution < 1.29 is 4.79 Å². The second-order valence-corrected chi connectivity index (χ2v) is 3.93. The Bertz CT molecular complexity index is 303. The van der Waals surface area contributed by atoms with Gasteiger partial charge in [-0.3, -0.25) is 4.79 Å². The monoisotopic (exact) mass is 326 g/mol. The summed E-state index contributed by atoms with van der Waals surface area (Å²) in [5, 5.41) is 0. The van der Waals surface area contributed by atoms with Gasteiger partial charge in [0.05, 0.1) is 0 Å². The number of halogens is 2. The highest BCUT2D eigenvalue weighted by Gasteiger charge is 2.06. The highest BCUT2D eigenvalue weighted by molar-refractivity contribution is 14.1. The highest BCUT2D eigenvalue weighted by Crippen LogP contribution is 2.15. The molecule has 0 aromatic carbocycles. The molecular formula is C6H4BrIN2O. The van der Waals surface area contributed by atoms with E-state index in [1.54, 1.807) is 12.3 Å². The fraction of sp³-hybridized carbons (Fsp3) is 0. The first kappa shape index (κ1) is 8.92. The molecule has 0 fully saturated rings. The molecule has 1 amide bonds. The number of amides is 1.